The van der Waals surface area contributed by atoms with Gasteiger partial charge in [-0.1, -0.05) is 24.3 Å². The van der Waals surface area contributed by atoms with Gasteiger partial charge in [-0.25, -0.2) is 4.79 Å². The molecular formula is C24H24N2O3. The molecule has 5 nitrogen and oxygen atoms in total. The zero-order valence-electron chi connectivity index (χ0n) is 16.4. The third-order valence-corrected chi connectivity index (χ3v) is 5.59. The number of carbonyl (C=O) groups is 1. The first kappa shape index (κ1) is 19.0. The Kier molecular flexibility index (Phi) is 5.47. The number of aryl methyl sites for hydroxylation is 1. The molecule has 0 fully saturated rings. The minimum atomic E-state index is -0.900. The number of fused-ring (bicyclic) bond motifs is 1. The van der Waals surface area contributed by atoms with Gasteiger partial charge in [-0.2, -0.15) is 0 Å². The lowest BCUT2D eigenvalue weighted by Crippen LogP contribution is -2.17. The normalized spacial score (nSPS) is 15.3. The van der Waals surface area contributed by atoms with E-state index in [0.717, 1.165) is 35.5 Å². The number of rotatable bonds is 6. The van der Waals surface area contributed by atoms with Crippen LogP contribution in [0.5, 0.6) is 5.75 Å². The molecule has 2 aromatic carbocycles. The summed E-state index contributed by atoms with van der Waals surface area (Å²) >= 11 is 0. The van der Waals surface area contributed by atoms with E-state index in [1.54, 1.807) is 12.3 Å². The van der Waals surface area contributed by atoms with Crippen LogP contribution in [0.4, 0.5) is 11.4 Å². The van der Waals surface area contributed by atoms with Crippen molar-refractivity contribution in [3.05, 3.63) is 83.7 Å². The number of hydrogen-bond acceptors (Lipinski definition) is 4. The van der Waals surface area contributed by atoms with Gasteiger partial charge in [0.05, 0.1) is 12.2 Å². The van der Waals surface area contributed by atoms with Gasteiger partial charge in [0.2, 0.25) is 0 Å². The molecule has 0 saturated heterocycles. The Morgan fingerprint density at radius 3 is 2.79 bits per heavy atom. The summed E-state index contributed by atoms with van der Waals surface area (Å²) in [6.07, 6.45) is 5.69. The van der Waals surface area contributed by atoms with E-state index in [1.165, 1.54) is 11.8 Å². The van der Waals surface area contributed by atoms with E-state index in [2.05, 4.69) is 40.2 Å². The number of benzene rings is 2. The molecule has 0 spiro atoms. The van der Waals surface area contributed by atoms with Crippen molar-refractivity contribution < 1.29 is 14.6 Å². The van der Waals surface area contributed by atoms with E-state index in [1.807, 2.05) is 25.2 Å². The summed E-state index contributed by atoms with van der Waals surface area (Å²) in [6, 6.07) is 18.2. The Balaban J connectivity index is 1.53. The topological polar surface area (TPSA) is 62.7 Å². The summed E-state index contributed by atoms with van der Waals surface area (Å²) < 4.78 is 5.96. The highest BCUT2D eigenvalue weighted by molar-refractivity contribution is 5.89. The number of carboxylic acids is 1. The van der Waals surface area contributed by atoms with Crippen LogP contribution in [0, 0.1) is 0 Å². The third kappa shape index (κ3) is 4.09. The van der Waals surface area contributed by atoms with E-state index in [-0.39, 0.29) is 0 Å². The van der Waals surface area contributed by atoms with Crippen molar-refractivity contribution in [1.82, 2.24) is 4.98 Å². The molecule has 5 heteroatoms. The van der Waals surface area contributed by atoms with Crippen molar-refractivity contribution >= 4 is 17.3 Å². The van der Waals surface area contributed by atoms with Crippen molar-refractivity contribution in [2.24, 2.45) is 0 Å². The standard InChI is InChI=1S/C24H24N2O3/c1-26(19-5-3-2-4-6-19)20-9-10-21-17(12-14-29-23(21)15-20)7-8-18-16-25-13-11-22(18)24(27)28/h2-6,9-11,13,15-17H,7-8,12,14H2,1H3,(H,27,28). The molecule has 1 atom stereocenters. The average Bonchev–Trinajstić information content (AvgIpc) is 2.77. The summed E-state index contributed by atoms with van der Waals surface area (Å²) in [4.78, 5) is 17.7. The van der Waals surface area contributed by atoms with E-state index in [9.17, 15) is 9.90 Å². The third-order valence-electron chi connectivity index (χ3n) is 5.59. The molecule has 29 heavy (non-hydrogen) atoms. The van der Waals surface area contributed by atoms with Crippen LogP contribution in [0.25, 0.3) is 0 Å². The number of carboxylic acid groups (broad SMARTS) is 1. The predicted octanol–water partition coefficient (Wildman–Crippen LogP) is 5.05. The van der Waals surface area contributed by atoms with Crippen LogP contribution in [0.15, 0.2) is 67.0 Å². The molecule has 1 aliphatic heterocycles. The number of anilines is 2. The molecule has 1 N–H and O–H groups in total. The SMILES string of the molecule is CN(c1ccccc1)c1ccc2c(c1)OCCC2CCc1cnccc1C(=O)O. The fraction of sp³-hybridized carbons (Fsp3) is 0.250. The fourth-order valence-electron chi connectivity index (χ4n) is 3.93. The molecule has 1 aliphatic rings. The molecule has 3 aromatic rings. The van der Waals surface area contributed by atoms with Crippen LogP contribution in [0.1, 0.15) is 40.2 Å². The lowest BCUT2D eigenvalue weighted by molar-refractivity contribution is 0.0695. The lowest BCUT2D eigenvalue weighted by Gasteiger charge is -2.28. The van der Waals surface area contributed by atoms with Gasteiger partial charge in [0, 0.05) is 36.9 Å². The summed E-state index contributed by atoms with van der Waals surface area (Å²) in [7, 11) is 2.05. The van der Waals surface area contributed by atoms with E-state index in [0.29, 0.717) is 24.5 Å². The molecule has 2 heterocycles. The molecule has 4 rings (SSSR count). The molecule has 0 aliphatic carbocycles. The van der Waals surface area contributed by atoms with E-state index in [4.69, 9.17) is 4.74 Å². The van der Waals surface area contributed by atoms with Crippen molar-refractivity contribution in [3.63, 3.8) is 0 Å². The van der Waals surface area contributed by atoms with Crippen molar-refractivity contribution in [2.75, 3.05) is 18.6 Å². The van der Waals surface area contributed by atoms with Gasteiger partial charge in [-0.3, -0.25) is 4.98 Å². The highest BCUT2D eigenvalue weighted by Crippen LogP contribution is 2.39. The molecule has 1 aromatic heterocycles. The minimum absolute atomic E-state index is 0.340. The van der Waals surface area contributed by atoms with E-state index < -0.39 is 5.97 Å². The monoisotopic (exact) mass is 388 g/mol. The second kappa shape index (κ2) is 8.35. The number of aromatic carboxylic acids is 1. The van der Waals surface area contributed by atoms with Gasteiger partial charge in [0.1, 0.15) is 5.75 Å². The first-order chi connectivity index (χ1) is 14.1. The Labute approximate surface area is 170 Å². The highest BCUT2D eigenvalue weighted by Gasteiger charge is 2.23. The van der Waals surface area contributed by atoms with Gasteiger partial charge in [-0.15, -0.1) is 0 Å². The Bertz CT molecular complexity index is 1000. The summed E-state index contributed by atoms with van der Waals surface area (Å²) in [5.74, 6) is 0.367. The molecule has 0 bridgehead atoms. The van der Waals surface area contributed by atoms with Crippen LogP contribution >= 0.6 is 0 Å². The molecule has 148 valence electrons. The molecule has 1 unspecified atom stereocenters. The van der Waals surface area contributed by atoms with Crippen molar-refractivity contribution in [2.45, 2.75) is 25.2 Å². The number of ether oxygens (including phenoxy) is 1. The maximum Gasteiger partial charge on any atom is 0.336 e. The first-order valence-electron chi connectivity index (χ1n) is 9.85. The van der Waals surface area contributed by atoms with Gasteiger partial charge < -0.3 is 14.7 Å². The smallest absolute Gasteiger partial charge is 0.336 e. The average molecular weight is 388 g/mol. The zero-order chi connectivity index (χ0) is 20.2. The Morgan fingerprint density at radius 2 is 2.00 bits per heavy atom. The van der Waals surface area contributed by atoms with Crippen LogP contribution in [0.2, 0.25) is 0 Å². The molecule has 0 radical (unpaired) electrons. The van der Waals surface area contributed by atoms with Gasteiger partial charge in [0.15, 0.2) is 0 Å². The largest absolute Gasteiger partial charge is 0.493 e. The molecule has 0 amide bonds. The van der Waals surface area contributed by atoms with Crippen molar-refractivity contribution in [3.8, 4) is 5.75 Å². The van der Waals surface area contributed by atoms with Gasteiger partial charge in [0.25, 0.3) is 0 Å². The first-order valence-corrected chi connectivity index (χ1v) is 9.85. The predicted molar refractivity (Wildman–Crippen MR) is 113 cm³/mol. The van der Waals surface area contributed by atoms with Crippen LogP contribution in [-0.4, -0.2) is 29.7 Å². The number of aromatic nitrogens is 1. The van der Waals surface area contributed by atoms with E-state index >= 15 is 0 Å². The second-order valence-electron chi connectivity index (χ2n) is 7.33. The minimum Gasteiger partial charge on any atom is -0.493 e. The maximum absolute atomic E-state index is 11.4. The lowest BCUT2D eigenvalue weighted by atomic mass is 9.87. The second-order valence-corrected chi connectivity index (χ2v) is 7.33. The number of hydrogen-bond donors (Lipinski definition) is 1. The fourth-order valence-corrected chi connectivity index (χ4v) is 3.93. The van der Waals surface area contributed by atoms with Crippen LogP contribution in [0.3, 0.4) is 0 Å². The summed E-state index contributed by atoms with van der Waals surface area (Å²) in [5, 5.41) is 9.38. The number of pyridine rings is 1. The van der Waals surface area contributed by atoms with Crippen LogP contribution in [-0.2, 0) is 6.42 Å². The van der Waals surface area contributed by atoms with Crippen LogP contribution < -0.4 is 9.64 Å². The maximum atomic E-state index is 11.4. The molecular weight excluding hydrogens is 364 g/mol. The number of para-hydroxylation sites is 1. The zero-order valence-corrected chi connectivity index (χ0v) is 16.4. The van der Waals surface area contributed by atoms with Crippen molar-refractivity contribution in [1.29, 1.82) is 0 Å². The Morgan fingerprint density at radius 1 is 1.17 bits per heavy atom. The van der Waals surface area contributed by atoms with Gasteiger partial charge >= 0.3 is 5.97 Å². The summed E-state index contributed by atoms with van der Waals surface area (Å²) in [5.41, 5.74) is 4.52. The Hall–Kier alpha value is -3.34. The van der Waals surface area contributed by atoms with Gasteiger partial charge in [-0.05, 0) is 60.6 Å². The molecule has 0 saturated carbocycles. The summed E-state index contributed by atoms with van der Waals surface area (Å²) in [6.45, 7) is 0.676. The number of nitrogens with zero attached hydrogens (tertiary/aromatic N) is 2. The highest BCUT2D eigenvalue weighted by atomic mass is 16.5. The quantitative estimate of drug-likeness (QED) is 0.640.